The van der Waals surface area contributed by atoms with Crippen LogP contribution in [-0.2, 0) is 11.2 Å². The highest BCUT2D eigenvalue weighted by Crippen LogP contribution is 2.06. The van der Waals surface area contributed by atoms with Gasteiger partial charge in [0.2, 0.25) is 5.78 Å². The van der Waals surface area contributed by atoms with Gasteiger partial charge in [0.05, 0.1) is 6.54 Å². The Hall–Kier alpha value is -2.44. The molecule has 2 N–H and O–H groups in total. The van der Waals surface area contributed by atoms with Crippen molar-refractivity contribution >= 4 is 11.9 Å². The van der Waals surface area contributed by atoms with Crippen molar-refractivity contribution in [2.24, 2.45) is 0 Å². The quantitative estimate of drug-likeness (QED) is 0.572. The van der Waals surface area contributed by atoms with E-state index in [1.807, 2.05) is 5.32 Å². The van der Waals surface area contributed by atoms with Crippen molar-refractivity contribution in [3.63, 3.8) is 0 Å². The molecule has 0 saturated heterocycles. The van der Waals surface area contributed by atoms with Crippen molar-refractivity contribution in [3.05, 3.63) is 46.0 Å². The lowest BCUT2D eigenvalue weighted by Crippen LogP contribution is -2.39. The Morgan fingerprint density at radius 1 is 1.33 bits per heavy atom. The number of nitro groups is 1. The number of rotatable bonds is 6. The highest BCUT2D eigenvalue weighted by molar-refractivity contribution is 5.87. The van der Waals surface area contributed by atoms with Gasteiger partial charge in [-0.15, -0.1) is 0 Å². The molecule has 1 atom stereocenters. The van der Waals surface area contributed by atoms with Crippen LogP contribution in [0.4, 0.5) is 4.79 Å². The van der Waals surface area contributed by atoms with Gasteiger partial charge >= 0.3 is 6.09 Å². The molecule has 96 valence electrons. The first-order valence-electron chi connectivity index (χ1n) is 5.17. The molecule has 0 heterocycles. The van der Waals surface area contributed by atoms with Gasteiger partial charge in [-0.1, -0.05) is 30.3 Å². The van der Waals surface area contributed by atoms with E-state index in [1.54, 1.807) is 30.3 Å². The molecule has 1 amide bonds. The van der Waals surface area contributed by atoms with Crippen molar-refractivity contribution in [3.8, 4) is 0 Å². The standard InChI is InChI=1S/C11H12N2O5/c14-10(7-12-11(15)16)9(13(17)18)6-8-4-2-1-3-5-8/h1-5,9,12H,6-7H2,(H,15,16). The Morgan fingerprint density at radius 2 is 1.94 bits per heavy atom. The largest absolute Gasteiger partial charge is 0.465 e. The van der Waals surface area contributed by atoms with E-state index in [9.17, 15) is 19.7 Å². The van der Waals surface area contributed by atoms with E-state index in [1.165, 1.54) is 0 Å². The van der Waals surface area contributed by atoms with Crippen LogP contribution in [0.2, 0.25) is 0 Å². The SMILES string of the molecule is O=C(O)NCC(=O)C(Cc1ccccc1)[N+](=O)[O-]. The fourth-order valence-electron chi connectivity index (χ4n) is 1.42. The van der Waals surface area contributed by atoms with Gasteiger partial charge < -0.3 is 10.4 Å². The highest BCUT2D eigenvalue weighted by Gasteiger charge is 2.29. The van der Waals surface area contributed by atoms with Crippen molar-refractivity contribution in [1.82, 2.24) is 5.32 Å². The van der Waals surface area contributed by atoms with Crippen molar-refractivity contribution in [2.45, 2.75) is 12.5 Å². The molecule has 1 aromatic carbocycles. The van der Waals surface area contributed by atoms with Crippen molar-refractivity contribution in [1.29, 1.82) is 0 Å². The number of hydrogen-bond acceptors (Lipinski definition) is 4. The first kappa shape index (κ1) is 13.6. The summed E-state index contributed by atoms with van der Waals surface area (Å²) < 4.78 is 0. The predicted octanol–water partition coefficient (Wildman–Crippen LogP) is 0.711. The molecule has 18 heavy (non-hydrogen) atoms. The number of Topliss-reactive ketones (excluding diaryl/α,β-unsaturated/α-hetero) is 1. The van der Waals surface area contributed by atoms with E-state index in [2.05, 4.69) is 0 Å². The van der Waals surface area contributed by atoms with Gasteiger partial charge in [-0.05, 0) is 5.56 Å². The Morgan fingerprint density at radius 3 is 2.44 bits per heavy atom. The first-order valence-corrected chi connectivity index (χ1v) is 5.17. The summed E-state index contributed by atoms with van der Waals surface area (Å²) in [7, 11) is 0. The molecule has 0 spiro atoms. The van der Waals surface area contributed by atoms with Gasteiger partial charge in [0.1, 0.15) is 0 Å². The number of amides is 1. The maximum absolute atomic E-state index is 11.5. The zero-order valence-corrected chi connectivity index (χ0v) is 9.41. The highest BCUT2D eigenvalue weighted by atomic mass is 16.6. The van der Waals surface area contributed by atoms with E-state index < -0.39 is 29.4 Å². The number of benzene rings is 1. The summed E-state index contributed by atoms with van der Waals surface area (Å²) in [4.78, 5) is 31.9. The number of carboxylic acid groups (broad SMARTS) is 1. The molecule has 7 heteroatoms. The summed E-state index contributed by atoms with van der Waals surface area (Å²) in [5, 5.41) is 21.0. The number of nitrogens with one attached hydrogen (secondary N) is 1. The monoisotopic (exact) mass is 252 g/mol. The molecule has 0 radical (unpaired) electrons. The van der Waals surface area contributed by atoms with Gasteiger partial charge in [-0.3, -0.25) is 14.9 Å². The van der Waals surface area contributed by atoms with Crippen LogP contribution in [0.15, 0.2) is 30.3 Å². The lowest BCUT2D eigenvalue weighted by atomic mass is 10.0. The van der Waals surface area contributed by atoms with E-state index in [-0.39, 0.29) is 6.42 Å². The van der Waals surface area contributed by atoms with Gasteiger partial charge in [-0.25, -0.2) is 4.79 Å². The third-order valence-electron chi connectivity index (χ3n) is 2.31. The molecule has 1 rings (SSSR count). The van der Waals surface area contributed by atoms with Gasteiger partial charge in [0.25, 0.3) is 6.04 Å². The minimum absolute atomic E-state index is 0.0476. The van der Waals surface area contributed by atoms with Crippen molar-refractivity contribution < 1.29 is 19.6 Å². The fourth-order valence-corrected chi connectivity index (χ4v) is 1.42. The second-order valence-corrected chi connectivity index (χ2v) is 3.62. The van der Waals surface area contributed by atoms with E-state index in [4.69, 9.17) is 5.11 Å². The second kappa shape index (κ2) is 6.33. The molecule has 1 unspecified atom stereocenters. The summed E-state index contributed by atoms with van der Waals surface area (Å²) in [5.74, 6) is -0.758. The molecular weight excluding hydrogens is 240 g/mol. The second-order valence-electron chi connectivity index (χ2n) is 3.62. The fraction of sp³-hybridized carbons (Fsp3) is 0.273. The Kier molecular flexibility index (Phi) is 4.79. The molecule has 7 nitrogen and oxygen atoms in total. The first-order chi connectivity index (χ1) is 8.50. The van der Waals surface area contributed by atoms with E-state index in [0.29, 0.717) is 5.56 Å². The Balaban J connectivity index is 2.68. The van der Waals surface area contributed by atoms with Crippen LogP contribution in [0.3, 0.4) is 0 Å². The molecule has 1 aromatic rings. The van der Waals surface area contributed by atoms with Crippen LogP contribution in [-0.4, -0.2) is 34.5 Å². The molecule has 0 aliphatic carbocycles. The van der Waals surface area contributed by atoms with Gasteiger partial charge in [-0.2, -0.15) is 0 Å². The third-order valence-corrected chi connectivity index (χ3v) is 2.31. The summed E-state index contributed by atoms with van der Waals surface area (Å²) in [6, 6.07) is 7.11. The summed E-state index contributed by atoms with van der Waals surface area (Å²) in [6.07, 6.45) is -1.43. The van der Waals surface area contributed by atoms with Crippen LogP contribution in [0.25, 0.3) is 0 Å². The number of carbonyl (C=O) groups excluding carboxylic acids is 1. The number of nitrogens with zero attached hydrogens (tertiary/aromatic N) is 1. The number of ketones is 1. The van der Waals surface area contributed by atoms with Crippen LogP contribution in [0.1, 0.15) is 5.56 Å². The van der Waals surface area contributed by atoms with Gasteiger partial charge in [0.15, 0.2) is 0 Å². The zero-order chi connectivity index (χ0) is 13.5. The normalized spacial score (nSPS) is 11.6. The van der Waals surface area contributed by atoms with Crippen LogP contribution in [0.5, 0.6) is 0 Å². The average molecular weight is 252 g/mol. The zero-order valence-electron chi connectivity index (χ0n) is 9.41. The summed E-state index contributed by atoms with van der Waals surface area (Å²) in [6.45, 7) is -0.562. The number of carbonyl (C=O) groups is 2. The minimum atomic E-state index is -1.43. The molecule has 0 bridgehead atoms. The summed E-state index contributed by atoms with van der Waals surface area (Å²) in [5.41, 5.74) is 0.655. The predicted molar refractivity (Wildman–Crippen MR) is 62.0 cm³/mol. The lowest BCUT2D eigenvalue weighted by molar-refractivity contribution is -0.506. The van der Waals surface area contributed by atoms with E-state index in [0.717, 1.165) is 0 Å². The van der Waals surface area contributed by atoms with Gasteiger partial charge in [0, 0.05) is 11.3 Å². The summed E-state index contributed by atoms with van der Waals surface area (Å²) >= 11 is 0. The Labute approximate surface area is 103 Å². The van der Waals surface area contributed by atoms with E-state index >= 15 is 0 Å². The van der Waals surface area contributed by atoms with Crippen LogP contribution in [0, 0.1) is 10.1 Å². The molecule has 0 saturated carbocycles. The molecule has 0 fully saturated rings. The molecular formula is C11H12N2O5. The molecule has 0 aromatic heterocycles. The topological polar surface area (TPSA) is 110 Å². The number of hydrogen-bond donors (Lipinski definition) is 2. The maximum Gasteiger partial charge on any atom is 0.405 e. The minimum Gasteiger partial charge on any atom is -0.465 e. The van der Waals surface area contributed by atoms with Crippen LogP contribution < -0.4 is 5.32 Å². The van der Waals surface area contributed by atoms with Crippen LogP contribution >= 0.6 is 0 Å². The molecule has 0 aliphatic heterocycles. The molecule has 0 aliphatic rings. The maximum atomic E-state index is 11.5. The van der Waals surface area contributed by atoms with Crippen molar-refractivity contribution in [2.75, 3.05) is 6.54 Å². The Bertz CT molecular complexity index is 446. The smallest absolute Gasteiger partial charge is 0.405 e. The lowest BCUT2D eigenvalue weighted by Gasteiger charge is -2.08. The average Bonchev–Trinajstić information content (AvgIpc) is 2.34. The third kappa shape index (κ3) is 4.20.